The predicted octanol–water partition coefficient (Wildman–Crippen LogP) is 6.70. The van der Waals surface area contributed by atoms with Gasteiger partial charge >= 0.3 is 5.69 Å². The number of rotatable bonds is 12. The molecule has 5 aromatic rings. The Hall–Kier alpha value is -4.63. The lowest BCUT2D eigenvalue weighted by molar-refractivity contribution is -0.121. The van der Waals surface area contributed by atoms with Crippen LogP contribution in [0.3, 0.4) is 0 Å². The van der Waals surface area contributed by atoms with E-state index in [2.05, 4.69) is 59.6 Å². The lowest BCUT2D eigenvalue weighted by Gasteiger charge is -2.53. The Morgan fingerprint density at radius 3 is 2.60 bits per heavy atom. The number of hydrogen-bond acceptors (Lipinski definition) is 10. The first-order valence-corrected chi connectivity index (χ1v) is 20.7. The Labute approximate surface area is 345 Å². The molecule has 0 spiro atoms. The second-order valence-corrected chi connectivity index (χ2v) is 17.6. The zero-order valence-corrected chi connectivity index (χ0v) is 34.6. The second-order valence-electron chi connectivity index (χ2n) is 16.8. The van der Waals surface area contributed by atoms with Gasteiger partial charge in [0.05, 0.1) is 64.5 Å². The molecule has 1 saturated carbocycles. The van der Waals surface area contributed by atoms with Crippen LogP contribution < -0.4 is 21.3 Å². The first-order chi connectivity index (χ1) is 27.8. The van der Waals surface area contributed by atoms with Crippen molar-refractivity contribution in [3.05, 3.63) is 96.1 Å². The number of aliphatic hydroxyl groups excluding tert-OH is 1. The molecular weight excluding hydrogens is 783 g/mol. The third kappa shape index (κ3) is 7.55. The number of carbonyl (C=O) groups is 1. The van der Waals surface area contributed by atoms with Gasteiger partial charge in [0.15, 0.2) is 0 Å². The molecule has 4 heterocycles. The number of carbonyl (C=O) groups excluding carboxylic acids is 1. The van der Waals surface area contributed by atoms with Gasteiger partial charge in [-0.3, -0.25) is 19.1 Å². The number of nitrogens with one attached hydrogen (secondary N) is 2. The molecule has 0 unspecified atom stereocenters. The van der Waals surface area contributed by atoms with Crippen LogP contribution in [0.5, 0.6) is 5.75 Å². The van der Waals surface area contributed by atoms with Crippen molar-refractivity contribution in [1.29, 1.82) is 0 Å². The fraction of sp³-hybridized carbons (Fsp3) is 0.500. The Kier molecular flexibility index (Phi) is 11.0. The van der Waals surface area contributed by atoms with Gasteiger partial charge in [0, 0.05) is 41.5 Å². The Balaban J connectivity index is 0.843. The highest BCUT2D eigenvalue weighted by Crippen LogP contribution is 2.62. The minimum Gasteiger partial charge on any atom is -0.494 e. The van der Waals surface area contributed by atoms with Crippen molar-refractivity contribution >= 4 is 40.1 Å². The van der Waals surface area contributed by atoms with Crippen LogP contribution in [-0.2, 0) is 21.5 Å². The van der Waals surface area contributed by atoms with Gasteiger partial charge in [-0.2, -0.15) is 0 Å². The van der Waals surface area contributed by atoms with Crippen molar-refractivity contribution < 1.29 is 19.4 Å². The summed E-state index contributed by atoms with van der Waals surface area (Å²) in [5, 5.41) is 22.2. The van der Waals surface area contributed by atoms with Crippen LogP contribution in [0, 0.1) is 12.3 Å². The summed E-state index contributed by atoms with van der Waals surface area (Å²) in [6.07, 6.45) is 8.12. The molecule has 3 N–H and O–H groups in total. The molecule has 8 rings (SSSR count). The molecule has 1 saturated heterocycles. The minimum absolute atomic E-state index is 0.0309. The van der Waals surface area contributed by atoms with Crippen LogP contribution in [-0.4, -0.2) is 64.8 Å². The van der Waals surface area contributed by atoms with Gasteiger partial charge in [0.25, 0.3) is 5.56 Å². The molecule has 2 aliphatic carbocycles. The molecule has 0 bridgehead atoms. The lowest BCUT2D eigenvalue weighted by atomic mass is 9.50. The number of amides is 1. The van der Waals surface area contributed by atoms with Crippen molar-refractivity contribution in [2.75, 3.05) is 13.2 Å². The summed E-state index contributed by atoms with van der Waals surface area (Å²) in [6.45, 7) is 9.08. The largest absolute Gasteiger partial charge is 0.494 e. The summed E-state index contributed by atoms with van der Waals surface area (Å²) in [7, 11) is 0. The van der Waals surface area contributed by atoms with Crippen LogP contribution in [0.4, 0.5) is 0 Å². The maximum absolute atomic E-state index is 12.7. The molecule has 14 nitrogen and oxygen atoms in total. The number of aliphatic hydroxyl groups is 1. The number of aryl methyl sites for hydroxylation is 1. The van der Waals surface area contributed by atoms with Crippen molar-refractivity contribution in [3.63, 3.8) is 0 Å². The second kappa shape index (κ2) is 15.9. The fourth-order valence-electron chi connectivity index (χ4n) is 9.51. The van der Waals surface area contributed by atoms with E-state index in [1.807, 2.05) is 6.07 Å². The van der Waals surface area contributed by atoms with Gasteiger partial charge < -0.3 is 19.9 Å². The number of halogens is 2. The molecule has 3 aromatic heterocycles. The molecule has 0 radical (unpaired) electrons. The molecule has 3 aliphatic rings. The van der Waals surface area contributed by atoms with Crippen molar-refractivity contribution in [1.82, 2.24) is 39.8 Å². The van der Waals surface area contributed by atoms with Crippen LogP contribution >= 0.6 is 23.2 Å². The molecule has 2 aromatic carbocycles. The van der Waals surface area contributed by atoms with Crippen LogP contribution in [0.1, 0.15) is 113 Å². The Morgan fingerprint density at radius 2 is 1.83 bits per heavy atom. The molecule has 2 fully saturated rings. The summed E-state index contributed by atoms with van der Waals surface area (Å²) in [5.74, 6) is 0.868. The van der Waals surface area contributed by atoms with E-state index in [1.165, 1.54) is 16.3 Å². The molecular formula is C42H48Cl2N8O6. The van der Waals surface area contributed by atoms with Gasteiger partial charge in [0.2, 0.25) is 5.91 Å². The summed E-state index contributed by atoms with van der Waals surface area (Å²) >= 11 is 12.8. The smallest absolute Gasteiger partial charge is 0.330 e. The van der Waals surface area contributed by atoms with E-state index in [9.17, 15) is 19.5 Å². The molecule has 1 amide bonds. The highest BCUT2D eigenvalue weighted by molar-refractivity contribution is 6.42. The predicted molar refractivity (Wildman–Crippen MR) is 219 cm³/mol. The summed E-state index contributed by atoms with van der Waals surface area (Å²) in [5.41, 5.74) is 5.47. The molecule has 5 atom stereocenters. The summed E-state index contributed by atoms with van der Waals surface area (Å²) in [4.78, 5) is 49.6. The number of nitrogens with zero attached hydrogens (tertiary/aromatic N) is 6. The third-order valence-corrected chi connectivity index (χ3v) is 13.0. The van der Waals surface area contributed by atoms with Crippen molar-refractivity contribution in [3.8, 4) is 17.0 Å². The van der Waals surface area contributed by atoms with E-state index in [-0.39, 0.29) is 35.8 Å². The monoisotopic (exact) mass is 830 g/mol. The quantitative estimate of drug-likeness (QED) is 0.115. The standard InChI is InChI=1S/C42H48Cl2N8O6/c1-23-20-51(40(56)48-39(23)55)35-18-32(33(22-53)58-35)52-21-24(49-50-52)19-45-34(54)9-6-5-7-14-57-25-10-11-27-26(15-25)36-37(38-41(2,3)12-8-13-42(27,38)4)47-31-17-29(44)28(43)16-30(31)46-36/h10-11,15-17,20-21,32-33,35,38,53H,5-9,12-14,18-19,22H2,1-4H3,(H,45,54)(H,48,55,56)/t32-,33+,35+,38+,42+/m0/s1. The first kappa shape index (κ1) is 40.2. The average Bonchev–Trinajstić information content (AvgIpc) is 3.84. The number of fused-ring (bicyclic) bond motifs is 7. The van der Waals surface area contributed by atoms with Gasteiger partial charge in [-0.25, -0.2) is 19.4 Å². The number of H-pyrrole nitrogens is 1. The number of aromatic amines is 1. The van der Waals surface area contributed by atoms with E-state index in [1.54, 1.807) is 23.9 Å². The van der Waals surface area contributed by atoms with Gasteiger partial charge in [-0.15, -0.1) is 5.10 Å². The maximum atomic E-state index is 12.7. The van der Waals surface area contributed by atoms with E-state index < -0.39 is 29.6 Å². The van der Waals surface area contributed by atoms with Gasteiger partial charge in [-0.05, 0) is 74.3 Å². The molecule has 58 heavy (non-hydrogen) atoms. The van der Waals surface area contributed by atoms with Gasteiger partial charge in [0.1, 0.15) is 23.8 Å². The number of hydrogen-bond donors (Lipinski definition) is 3. The maximum Gasteiger partial charge on any atom is 0.330 e. The lowest BCUT2D eigenvalue weighted by Crippen LogP contribution is -2.46. The molecule has 1 aliphatic heterocycles. The zero-order chi connectivity index (χ0) is 40.9. The number of benzene rings is 2. The number of ether oxygens (including phenoxy) is 2. The van der Waals surface area contributed by atoms with Crippen LogP contribution in [0.2, 0.25) is 10.0 Å². The average molecular weight is 832 g/mol. The van der Waals surface area contributed by atoms with Gasteiger partial charge in [-0.1, -0.05) is 61.7 Å². The normalized spacial score (nSPS) is 23.3. The molecule has 306 valence electrons. The van der Waals surface area contributed by atoms with Crippen molar-refractivity contribution in [2.45, 2.75) is 115 Å². The topological polar surface area (TPSA) is 179 Å². The van der Waals surface area contributed by atoms with E-state index in [4.69, 9.17) is 42.6 Å². The molecule has 16 heteroatoms. The van der Waals surface area contributed by atoms with Crippen LogP contribution in [0.15, 0.2) is 52.3 Å². The zero-order valence-electron chi connectivity index (χ0n) is 33.1. The SMILES string of the molecule is Cc1cn([C@H]2C[C@H](n3cc(CNC(=O)CCCCCOc4ccc5c(c4)-c4nc6cc(Cl)c(Cl)cc6nc4[C@@H]4C(C)(C)CCC[C@]54C)nn3)[C@@H](CO)O2)c(=O)[nH]c1=O. The van der Waals surface area contributed by atoms with E-state index >= 15 is 0 Å². The van der Waals surface area contributed by atoms with E-state index in [0.717, 1.165) is 60.3 Å². The first-order valence-electron chi connectivity index (χ1n) is 20.0. The minimum atomic E-state index is -0.698. The number of unbranched alkanes of at least 4 members (excludes halogenated alkanes) is 2. The van der Waals surface area contributed by atoms with E-state index in [0.29, 0.717) is 52.7 Å². The van der Waals surface area contributed by atoms with Crippen LogP contribution in [0.25, 0.3) is 22.3 Å². The highest BCUT2D eigenvalue weighted by atomic mass is 35.5. The summed E-state index contributed by atoms with van der Waals surface area (Å²) < 4.78 is 15.1. The third-order valence-electron chi connectivity index (χ3n) is 12.3. The Bertz CT molecular complexity index is 2500. The summed E-state index contributed by atoms with van der Waals surface area (Å²) in [6, 6.07) is 9.59. The Morgan fingerprint density at radius 1 is 1.05 bits per heavy atom. The fourth-order valence-corrected chi connectivity index (χ4v) is 9.83. The number of aromatic nitrogens is 7. The highest BCUT2D eigenvalue weighted by Gasteiger charge is 2.53. The van der Waals surface area contributed by atoms with Crippen molar-refractivity contribution in [2.24, 2.45) is 5.41 Å².